The Balaban J connectivity index is 2.23. The van der Waals surface area contributed by atoms with E-state index >= 15 is 0 Å². The summed E-state index contributed by atoms with van der Waals surface area (Å²) in [5.74, 6) is 1.39. The second-order valence-electron chi connectivity index (χ2n) is 4.35. The number of hydrogen-bond donors (Lipinski definition) is 2. The molecule has 0 fully saturated rings. The number of thioether (sulfide) groups is 1. The molecule has 0 aliphatic rings. The van der Waals surface area contributed by atoms with Crippen LogP contribution in [0.3, 0.4) is 0 Å². The van der Waals surface area contributed by atoms with Gasteiger partial charge in [0.25, 0.3) is 0 Å². The highest BCUT2D eigenvalue weighted by Gasteiger charge is 2.10. The number of rotatable bonds is 7. The number of hydrogen-bond acceptors (Lipinski definition) is 4. The van der Waals surface area contributed by atoms with E-state index in [1.165, 1.54) is 4.90 Å². The molecule has 1 unspecified atom stereocenters. The van der Waals surface area contributed by atoms with Crippen LogP contribution in [0.5, 0.6) is 0 Å². The first kappa shape index (κ1) is 14.9. The largest absolute Gasteiger partial charge is 0.409 e. The first-order valence-electron chi connectivity index (χ1n) is 5.97. The Morgan fingerprint density at radius 2 is 2.11 bits per heavy atom. The van der Waals surface area contributed by atoms with Gasteiger partial charge in [0.05, 0.1) is 0 Å². The van der Waals surface area contributed by atoms with E-state index in [1.54, 1.807) is 0 Å². The van der Waals surface area contributed by atoms with Crippen LogP contribution in [-0.4, -0.2) is 41.8 Å². The highest BCUT2D eigenvalue weighted by molar-refractivity contribution is 7.99. The second kappa shape index (κ2) is 8.00. The Bertz CT molecular complexity index is 370. The van der Waals surface area contributed by atoms with Gasteiger partial charge in [0.2, 0.25) is 0 Å². The summed E-state index contributed by atoms with van der Waals surface area (Å²) in [4.78, 5) is 3.48. The molecule has 18 heavy (non-hydrogen) atoms. The molecule has 0 aliphatic carbocycles. The van der Waals surface area contributed by atoms with E-state index in [9.17, 15) is 0 Å². The molecule has 1 atom stereocenters. The smallest absolute Gasteiger partial charge is 0.143 e. The van der Waals surface area contributed by atoms with E-state index in [-0.39, 0.29) is 11.8 Å². The highest BCUT2D eigenvalue weighted by atomic mass is 32.2. The van der Waals surface area contributed by atoms with E-state index < -0.39 is 0 Å². The maximum absolute atomic E-state index is 8.58. The van der Waals surface area contributed by atoms with Gasteiger partial charge in [-0.3, -0.25) is 0 Å². The maximum atomic E-state index is 8.58. The minimum absolute atomic E-state index is 0.0710. The molecule has 0 aliphatic heterocycles. The number of amidine groups is 1. The van der Waals surface area contributed by atoms with Crippen molar-refractivity contribution in [1.82, 2.24) is 4.90 Å². The van der Waals surface area contributed by atoms with Crippen LogP contribution in [0.25, 0.3) is 0 Å². The van der Waals surface area contributed by atoms with Crippen molar-refractivity contribution in [3.05, 3.63) is 30.3 Å². The lowest BCUT2D eigenvalue weighted by Crippen LogP contribution is -2.33. The molecule has 1 aromatic carbocycles. The molecular weight excluding hydrogens is 246 g/mol. The van der Waals surface area contributed by atoms with Crippen LogP contribution in [0.2, 0.25) is 0 Å². The molecule has 0 bridgehead atoms. The molecule has 0 saturated carbocycles. The van der Waals surface area contributed by atoms with Gasteiger partial charge in [-0.15, -0.1) is 11.8 Å². The van der Waals surface area contributed by atoms with Crippen molar-refractivity contribution in [3.8, 4) is 0 Å². The molecule has 1 rings (SSSR count). The highest BCUT2D eigenvalue weighted by Crippen LogP contribution is 2.16. The van der Waals surface area contributed by atoms with Crippen LogP contribution in [-0.2, 0) is 0 Å². The van der Waals surface area contributed by atoms with E-state index in [2.05, 4.69) is 22.2 Å². The van der Waals surface area contributed by atoms with Crippen LogP contribution < -0.4 is 5.73 Å². The number of benzene rings is 1. The molecular formula is C13H21N3OS. The third-order valence-corrected chi connectivity index (χ3v) is 3.68. The third-order valence-electron chi connectivity index (χ3n) is 2.69. The molecule has 5 heteroatoms. The monoisotopic (exact) mass is 267 g/mol. The van der Waals surface area contributed by atoms with Gasteiger partial charge in [0, 0.05) is 29.7 Å². The van der Waals surface area contributed by atoms with Crippen LogP contribution in [0.1, 0.15) is 6.92 Å². The van der Waals surface area contributed by atoms with Crippen molar-refractivity contribution in [1.29, 1.82) is 0 Å². The lowest BCUT2D eigenvalue weighted by atomic mass is 10.1. The summed E-state index contributed by atoms with van der Waals surface area (Å²) in [7, 11) is 2.05. The van der Waals surface area contributed by atoms with Gasteiger partial charge in [-0.2, -0.15) is 0 Å². The van der Waals surface area contributed by atoms with Crippen molar-refractivity contribution in [3.63, 3.8) is 0 Å². The van der Waals surface area contributed by atoms with Gasteiger partial charge in [0.15, 0.2) is 0 Å². The van der Waals surface area contributed by atoms with Crippen molar-refractivity contribution >= 4 is 17.6 Å². The van der Waals surface area contributed by atoms with E-state index in [4.69, 9.17) is 10.9 Å². The Labute approximate surface area is 113 Å². The van der Waals surface area contributed by atoms with Crippen LogP contribution in [0.4, 0.5) is 0 Å². The third kappa shape index (κ3) is 5.42. The molecule has 0 spiro atoms. The summed E-state index contributed by atoms with van der Waals surface area (Å²) in [6, 6.07) is 10.3. The van der Waals surface area contributed by atoms with Crippen molar-refractivity contribution < 1.29 is 5.21 Å². The van der Waals surface area contributed by atoms with Crippen molar-refractivity contribution in [2.45, 2.75) is 11.8 Å². The quantitative estimate of drug-likeness (QED) is 0.261. The predicted octanol–water partition coefficient (Wildman–Crippen LogP) is 2.09. The topological polar surface area (TPSA) is 61.8 Å². The van der Waals surface area contributed by atoms with Crippen molar-refractivity contribution in [2.75, 3.05) is 25.9 Å². The molecule has 0 saturated heterocycles. The Morgan fingerprint density at radius 1 is 1.44 bits per heavy atom. The number of nitrogens with two attached hydrogens (primary N) is 1. The Morgan fingerprint density at radius 3 is 2.72 bits per heavy atom. The molecule has 4 nitrogen and oxygen atoms in total. The zero-order valence-corrected chi connectivity index (χ0v) is 11.7. The Kier molecular flexibility index (Phi) is 6.60. The van der Waals surface area contributed by atoms with Crippen LogP contribution >= 0.6 is 11.8 Å². The van der Waals surface area contributed by atoms with Crippen LogP contribution in [0, 0.1) is 5.92 Å². The SMILES string of the molecule is CC(CN(C)CCSc1ccccc1)C(N)=NO. The molecule has 0 aromatic heterocycles. The first-order chi connectivity index (χ1) is 8.63. The summed E-state index contributed by atoms with van der Waals surface area (Å²) in [6.07, 6.45) is 0. The van der Waals surface area contributed by atoms with Gasteiger partial charge in [-0.25, -0.2) is 0 Å². The predicted molar refractivity (Wildman–Crippen MR) is 77.2 cm³/mol. The number of nitrogens with zero attached hydrogens (tertiary/aromatic N) is 2. The summed E-state index contributed by atoms with van der Waals surface area (Å²) in [5.41, 5.74) is 5.55. The van der Waals surface area contributed by atoms with Gasteiger partial charge in [0.1, 0.15) is 5.84 Å². The number of oxime groups is 1. The molecule has 100 valence electrons. The summed E-state index contributed by atoms with van der Waals surface area (Å²) in [5, 5.41) is 11.6. The van der Waals surface area contributed by atoms with Crippen molar-refractivity contribution in [2.24, 2.45) is 16.8 Å². The van der Waals surface area contributed by atoms with Gasteiger partial charge in [-0.1, -0.05) is 30.3 Å². The van der Waals surface area contributed by atoms with E-state index in [0.717, 1.165) is 18.8 Å². The van der Waals surface area contributed by atoms with Gasteiger partial charge in [-0.05, 0) is 19.2 Å². The average Bonchev–Trinajstić information content (AvgIpc) is 2.38. The zero-order chi connectivity index (χ0) is 13.4. The second-order valence-corrected chi connectivity index (χ2v) is 5.52. The first-order valence-corrected chi connectivity index (χ1v) is 6.96. The van der Waals surface area contributed by atoms with Gasteiger partial charge < -0.3 is 15.8 Å². The minimum Gasteiger partial charge on any atom is -0.409 e. The lowest BCUT2D eigenvalue weighted by molar-refractivity contribution is 0.301. The normalized spacial score (nSPS) is 13.8. The maximum Gasteiger partial charge on any atom is 0.143 e. The molecule has 0 heterocycles. The van der Waals surface area contributed by atoms with E-state index in [1.807, 2.05) is 43.9 Å². The fraction of sp³-hybridized carbons (Fsp3) is 0.462. The lowest BCUT2D eigenvalue weighted by Gasteiger charge is -2.20. The summed E-state index contributed by atoms with van der Waals surface area (Å²) in [6.45, 7) is 3.73. The summed E-state index contributed by atoms with van der Waals surface area (Å²) < 4.78 is 0. The zero-order valence-electron chi connectivity index (χ0n) is 10.9. The summed E-state index contributed by atoms with van der Waals surface area (Å²) >= 11 is 1.84. The Hall–Kier alpha value is -1.20. The van der Waals surface area contributed by atoms with Crippen LogP contribution in [0.15, 0.2) is 40.4 Å². The molecule has 3 N–H and O–H groups in total. The molecule has 0 amide bonds. The minimum atomic E-state index is 0.0710. The van der Waals surface area contributed by atoms with E-state index in [0.29, 0.717) is 0 Å². The fourth-order valence-electron chi connectivity index (χ4n) is 1.59. The average molecular weight is 267 g/mol. The standard InChI is InChI=1S/C13H21N3OS/c1-11(13(14)15-17)10-16(2)8-9-18-12-6-4-3-5-7-12/h3-7,11,17H,8-10H2,1-2H3,(H2,14,15). The molecule has 0 radical (unpaired) electrons. The van der Waals surface area contributed by atoms with Gasteiger partial charge >= 0.3 is 0 Å². The fourth-order valence-corrected chi connectivity index (χ4v) is 2.58. The molecule has 1 aromatic rings.